The Bertz CT molecular complexity index is 600. The maximum Gasteiger partial charge on any atom is 0.321 e. The highest BCUT2D eigenvalue weighted by Gasteiger charge is 2.21. The molecule has 0 aliphatic heterocycles. The summed E-state index contributed by atoms with van der Waals surface area (Å²) in [5.74, 6) is 2.07. The van der Waals surface area contributed by atoms with Gasteiger partial charge in [-0.15, -0.1) is 0 Å². The van der Waals surface area contributed by atoms with E-state index in [2.05, 4.69) is 15.0 Å². The number of halogens is 1. The number of hydrogen-bond acceptors (Lipinski definition) is 5. The topological polar surface area (TPSA) is 57.1 Å². The van der Waals surface area contributed by atoms with E-state index >= 15 is 0 Å². The van der Waals surface area contributed by atoms with Gasteiger partial charge >= 0.3 is 6.01 Å². The molecule has 0 radical (unpaired) electrons. The second kappa shape index (κ2) is 5.63. The van der Waals surface area contributed by atoms with Crippen LogP contribution in [0.25, 0.3) is 11.4 Å². The van der Waals surface area contributed by atoms with E-state index in [9.17, 15) is 0 Å². The molecule has 1 heterocycles. The van der Waals surface area contributed by atoms with Crippen LogP contribution in [0, 0.1) is 5.92 Å². The number of hydrogen-bond donors (Lipinski definition) is 0. The van der Waals surface area contributed by atoms with Crippen molar-refractivity contribution in [3.05, 3.63) is 29.5 Å². The number of ether oxygens (including phenoxy) is 2. The molecule has 0 N–H and O–H groups in total. The van der Waals surface area contributed by atoms with Crippen LogP contribution in [0.4, 0.5) is 0 Å². The molecule has 1 aliphatic rings. The molecule has 0 unspecified atom stereocenters. The Kier molecular flexibility index (Phi) is 3.69. The third-order valence-electron chi connectivity index (χ3n) is 3.07. The normalized spacial score (nSPS) is 14.1. The largest absolute Gasteiger partial charge is 0.493 e. The fourth-order valence-corrected chi connectivity index (χ4v) is 1.90. The summed E-state index contributed by atoms with van der Waals surface area (Å²) in [5, 5.41) is 0.112. The maximum atomic E-state index is 5.83. The lowest BCUT2D eigenvalue weighted by Crippen LogP contribution is -1.99. The van der Waals surface area contributed by atoms with Crippen LogP contribution in [0.2, 0.25) is 5.28 Å². The molecule has 1 saturated carbocycles. The lowest BCUT2D eigenvalue weighted by Gasteiger charge is -2.06. The minimum atomic E-state index is 0.112. The van der Waals surface area contributed by atoms with Crippen molar-refractivity contribution in [2.24, 2.45) is 5.92 Å². The summed E-state index contributed by atoms with van der Waals surface area (Å²) in [6.07, 6.45) is 2.56. The summed E-state index contributed by atoms with van der Waals surface area (Å²) in [7, 11) is 1.49. The molecule has 104 valence electrons. The lowest BCUT2D eigenvalue weighted by atomic mass is 10.2. The molecule has 3 rings (SSSR count). The van der Waals surface area contributed by atoms with Crippen LogP contribution in [0.3, 0.4) is 0 Å². The van der Waals surface area contributed by atoms with E-state index < -0.39 is 0 Å². The Labute approximate surface area is 121 Å². The van der Waals surface area contributed by atoms with E-state index in [1.807, 2.05) is 24.3 Å². The molecular formula is C14H14ClN3O2. The fraction of sp³-hybridized carbons (Fsp3) is 0.357. The summed E-state index contributed by atoms with van der Waals surface area (Å²) >= 11 is 5.83. The molecule has 0 spiro atoms. The van der Waals surface area contributed by atoms with Gasteiger partial charge in [-0.2, -0.15) is 15.0 Å². The standard InChI is InChI=1S/C14H14ClN3O2/c1-19-14-17-12(16-13(15)18-14)10-4-6-11(7-5-10)20-8-9-2-3-9/h4-7,9H,2-3,8H2,1H3. The van der Waals surface area contributed by atoms with Gasteiger partial charge in [0.15, 0.2) is 5.82 Å². The predicted molar refractivity (Wildman–Crippen MR) is 75.0 cm³/mol. The van der Waals surface area contributed by atoms with Crippen LogP contribution in [-0.4, -0.2) is 28.7 Å². The van der Waals surface area contributed by atoms with Crippen LogP contribution in [0.5, 0.6) is 11.8 Å². The molecule has 0 bridgehead atoms. The van der Waals surface area contributed by atoms with Gasteiger partial charge in [0.1, 0.15) is 5.75 Å². The molecule has 5 nitrogen and oxygen atoms in total. The number of nitrogens with zero attached hydrogens (tertiary/aromatic N) is 3. The van der Waals surface area contributed by atoms with Gasteiger partial charge in [0.05, 0.1) is 13.7 Å². The molecule has 1 fully saturated rings. The van der Waals surface area contributed by atoms with Crippen molar-refractivity contribution in [2.75, 3.05) is 13.7 Å². The van der Waals surface area contributed by atoms with Crippen LogP contribution >= 0.6 is 11.6 Å². The van der Waals surface area contributed by atoms with Gasteiger partial charge in [0.25, 0.3) is 0 Å². The molecule has 6 heteroatoms. The van der Waals surface area contributed by atoms with E-state index in [1.54, 1.807) is 0 Å². The smallest absolute Gasteiger partial charge is 0.321 e. The van der Waals surface area contributed by atoms with Gasteiger partial charge < -0.3 is 9.47 Å². The van der Waals surface area contributed by atoms with Crippen molar-refractivity contribution in [1.82, 2.24) is 15.0 Å². The van der Waals surface area contributed by atoms with Crippen LogP contribution < -0.4 is 9.47 Å². The Morgan fingerprint density at radius 2 is 1.90 bits per heavy atom. The van der Waals surface area contributed by atoms with Crippen molar-refractivity contribution in [3.63, 3.8) is 0 Å². The van der Waals surface area contributed by atoms with Crippen LogP contribution in [0.1, 0.15) is 12.8 Å². The minimum absolute atomic E-state index is 0.112. The number of rotatable bonds is 5. The zero-order chi connectivity index (χ0) is 13.9. The van der Waals surface area contributed by atoms with Crippen LogP contribution in [-0.2, 0) is 0 Å². The Morgan fingerprint density at radius 1 is 1.15 bits per heavy atom. The summed E-state index contributed by atoms with van der Waals surface area (Å²) in [6.45, 7) is 0.796. The van der Waals surface area contributed by atoms with E-state index in [0.29, 0.717) is 5.82 Å². The zero-order valence-corrected chi connectivity index (χ0v) is 11.8. The first kappa shape index (κ1) is 13.1. The maximum absolute atomic E-state index is 5.83. The Hall–Kier alpha value is -1.88. The Balaban J connectivity index is 1.77. The molecule has 0 saturated heterocycles. The third kappa shape index (κ3) is 3.17. The average molecular weight is 292 g/mol. The summed E-state index contributed by atoms with van der Waals surface area (Å²) in [5.41, 5.74) is 0.839. The summed E-state index contributed by atoms with van der Waals surface area (Å²) in [4.78, 5) is 12.1. The summed E-state index contributed by atoms with van der Waals surface area (Å²) < 4.78 is 10.7. The molecule has 0 atom stereocenters. The van der Waals surface area contributed by atoms with Gasteiger partial charge in [-0.25, -0.2) is 0 Å². The van der Waals surface area contributed by atoms with Gasteiger partial charge in [-0.05, 0) is 54.6 Å². The van der Waals surface area contributed by atoms with E-state index in [4.69, 9.17) is 21.1 Å². The van der Waals surface area contributed by atoms with E-state index in [-0.39, 0.29) is 11.3 Å². The molecular weight excluding hydrogens is 278 g/mol. The Morgan fingerprint density at radius 3 is 2.55 bits per heavy atom. The minimum Gasteiger partial charge on any atom is -0.493 e. The predicted octanol–water partition coefficient (Wildman–Crippen LogP) is 2.99. The monoisotopic (exact) mass is 291 g/mol. The van der Waals surface area contributed by atoms with Crippen molar-refractivity contribution >= 4 is 11.6 Å². The first-order chi connectivity index (χ1) is 9.74. The quantitative estimate of drug-likeness (QED) is 0.847. The van der Waals surface area contributed by atoms with Crippen molar-refractivity contribution in [2.45, 2.75) is 12.8 Å². The van der Waals surface area contributed by atoms with Crippen molar-refractivity contribution in [3.8, 4) is 23.1 Å². The summed E-state index contributed by atoms with van der Waals surface area (Å²) in [6, 6.07) is 7.80. The first-order valence-electron chi connectivity index (χ1n) is 6.43. The highest BCUT2D eigenvalue weighted by molar-refractivity contribution is 6.28. The van der Waals surface area contributed by atoms with Crippen molar-refractivity contribution in [1.29, 1.82) is 0 Å². The fourth-order valence-electron chi connectivity index (χ4n) is 1.75. The van der Waals surface area contributed by atoms with E-state index in [1.165, 1.54) is 20.0 Å². The van der Waals surface area contributed by atoms with Gasteiger partial charge in [0.2, 0.25) is 5.28 Å². The molecule has 1 aromatic carbocycles. The highest BCUT2D eigenvalue weighted by Crippen LogP contribution is 2.30. The van der Waals surface area contributed by atoms with Gasteiger partial charge in [-0.1, -0.05) is 0 Å². The van der Waals surface area contributed by atoms with Gasteiger partial charge in [0, 0.05) is 5.56 Å². The SMILES string of the molecule is COc1nc(Cl)nc(-c2ccc(OCC3CC3)cc2)n1. The zero-order valence-electron chi connectivity index (χ0n) is 11.0. The molecule has 0 amide bonds. The van der Waals surface area contributed by atoms with Gasteiger partial charge in [-0.3, -0.25) is 0 Å². The highest BCUT2D eigenvalue weighted by atomic mass is 35.5. The van der Waals surface area contributed by atoms with Crippen LogP contribution in [0.15, 0.2) is 24.3 Å². The van der Waals surface area contributed by atoms with E-state index in [0.717, 1.165) is 23.8 Å². The second-order valence-electron chi connectivity index (χ2n) is 4.69. The molecule has 20 heavy (non-hydrogen) atoms. The molecule has 2 aromatic rings. The number of benzene rings is 1. The van der Waals surface area contributed by atoms with Crippen molar-refractivity contribution < 1.29 is 9.47 Å². The second-order valence-corrected chi connectivity index (χ2v) is 5.03. The number of aromatic nitrogens is 3. The molecule has 1 aliphatic carbocycles. The lowest BCUT2D eigenvalue weighted by molar-refractivity contribution is 0.300. The third-order valence-corrected chi connectivity index (χ3v) is 3.23. The number of methoxy groups -OCH3 is 1. The molecule has 1 aromatic heterocycles. The first-order valence-corrected chi connectivity index (χ1v) is 6.81. The average Bonchev–Trinajstić information content (AvgIpc) is 3.29.